The summed E-state index contributed by atoms with van der Waals surface area (Å²) in [6, 6.07) is 0. The molecule has 0 aromatic heterocycles. The normalized spacial score (nSPS) is 20.0. The van der Waals surface area contributed by atoms with E-state index < -0.39 is 11.6 Å². The number of aliphatic hydroxyl groups is 1. The van der Waals surface area contributed by atoms with Crippen LogP contribution in [-0.2, 0) is 9.53 Å². The van der Waals surface area contributed by atoms with E-state index in [1.807, 2.05) is 20.8 Å². The first-order valence-electron chi connectivity index (χ1n) is 6.13. The zero-order valence-electron chi connectivity index (χ0n) is 10.9. The Kier molecular flexibility index (Phi) is 4.52. The number of nitrogens with zero attached hydrogens (tertiary/aromatic N) is 1. The zero-order chi connectivity index (χ0) is 13.1. The van der Waals surface area contributed by atoms with E-state index >= 15 is 0 Å². The Morgan fingerprint density at radius 2 is 1.94 bits per heavy atom. The molecule has 5 heteroatoms. The van der Waals surface area contributed by atoms with Gasteiger partial charge < -0.3 is 14.9 Å². The molecule has 2 N–H and O–H groups in total. The lowest BCUT2D eigenvalue weighted by Gasteiger charge is -2.49. The first kappa shape index (κ1) is 14.4. The topological polar surface area (TPSA) is 70.0 Å². The Bertz CT molecular complexity index is 270. The summed E-state index contributed by atoms with van der Waals surface area (Å²) in [4.78, 5) is 12.5. The van der Waals surface area contributed by atoms with Crippen LogP contribution in [0.25, 0.3) is 0 Å². The van der Waals surface area contributed by atoms with Gasteiger partial charge in [-0.3, -0.25) is 4.90 Å². The maximum atomic E-state index is 10.4. The molecular formula is C12H23NO4. The van der Waals surface area contributed by atoms with Crippen LogP contribution in [0.2, 0.25) is 0 Å². The predicted molar refractivity (Wildman–Crippen MR) is 64.0 cm³/mol. The fourth-order valence-corrected chi connectivity index (χ4v) is 2.23. The van der Waals surface area contributed by atoms with Crippen molar-refractivity contribution in [3.63, 3.8) is 0 Å². The molecule has 0 spiro atoms. The van der Waals surface area contributed by atoms with Gasteiger partial charge in [-0.15, -0.1) is 0 Å². The van der Waals surface area contributed by atoms with Crippen molar-refractivity contribution >= 4 is 5.97 Å². The van der Waals surface area contributed by atoms with E-state index in [4.69, 9.17) is 9.84 Å². The molecule has 1 aliphatic rings. The zero-order valence-corrected chi connectivity index (χ0v) is 10.9. The quantitative estimate of drug-likeness (QED) is 0.691. The lowest BCUT2D eigenvalue weighted by molar-refractivity contribution is -0.171. The average molecular weight is 245 g/mol. The highest BCUT2D eigenvalue weighted by atomic mass is 16.5. The van der Waals surface area contributed by atoms with Crippen LogP contribution in [0, 0.1) is 0 Å². The maximum Gasteiger partial charge on any atom is 0.329 e. The number of carbonyl (C=O) groups is 1. The average Bonchev–Trinajstić information content (AvgIpc) is 2.24. The number of carboxylic acids is 1. The molecule has 0 aromatic carbocycles. The van der Waals surface area contributed by atoms with E-state index in [-0.39, 0.29) is 12.2 Å². The van der Waals surface area contributed by atoms with E-state index in [1.54, 1.807) is 0 Å². The van der Waals surface area contributed by atoms with Crippen LogP contribution in [-0.4, -0.2) is 58.5 Å². The Hall–Kier alpha value is -0.650. The second-order valence-corrected chi connectivity index (χ2v) is 5.21. The third-order valence-corrected chi connectivity index (χ3v) is 3.49. The van der Waals surface area contributed by atoms with Gasteiger partial charge in [0.2, 0.25) is 0 Å². The summed E-state index contributed by atoms with van der Waals surface area (Å²) in [5.74, 6) is -0.941. The summed E-state index contributed by atoms with van der Waals surface area (Å²) in [7, 11) is 0. The lowest BCUT2D eigenvalue weighted by Crippen LogP contribution is -2.64. The van der Waals surface area contributed by atoms with E-state index in [2.05, 4.69) is 4.90 Å². The Morgan fingerprint density at radius 1 is 1.41 bits per heavy atom. The summed E-state index contributed by atoms with van der Waals surface area (Å²) >= 11 is 0. The number of carboxylic acid groups (broad SMARTS) is 1. The number of likely N-dealkylation sites (tertiary alicyclic amines) is 1. The van der Waals surface area contributed by atoms with Gasteiger partial charge in [0.05, 0.1) is 11.2 Å². The van der Waals surface area contributed by atoms with Crippen molar-refractivity contribution in [3.8, 4) is 0 Å². The first-order chi connectivity index (χ1) is 7.82. The molecule has 0 bridgehead atoms. The highest BCUT2D eigenvalue weighted by Crippen LogP contribution is 2.28. The smallest absolute Gasteiger partial charge is 0.329 e. The lowest BCUT2D eigenvalue weighted by atomic mass is 9.90. The minimum atomic E-state index is -0.941. The van der Waals surface area contributed by atoms with E-state index in [0.717, 1.165) is 12.8 Å². The molecule has 17 heavy (non-hydrogen) atoms. The summed E-state index contributed by atoms with van der Waals surface area (Å²) in [6.07, 6.45) is 1.46. The minimum Gasteiger partial charge on any atom is -0.480 e. The van der Waals surface area contributed by atoms with Crippen LogP contribution in [0.5, 0.6) is 0 Å². The second kappa shape index (κ2) is 5.33. The minimum absolute atomic E-state index is 0.254. The van der Waals surface area contributed by atoms with Crippen LogP contribution in [0.1, 0.15) is 33.6 Å². The van der Waals surface area contributed by atoms with Gasteiger partial charge in [-0.25, -0.2) is 4.79 Å². The fraction of sp³-hybridized carbons (Fsp3) is 0.917. The van der Waals surface area contributed by atoms with E-state index in [0.29, 0.717) is 19.6 Å². The number of hydrogen-bond acceptors (Lipinski definition) is 4. The Morgan fingerprint density at radius 3 is 2.35 bits per heavy atom. The number of rotatable bonds is 7. The molecule has 1 heterocycles. The van der Waals surface area contributed by atoms with Crippen LogP contribution < -0.4 is 0 Å². The first-order valence-corrected chi connectivity index (χ1v) is 6.13. The molecule has 1 saturated heterocycles. The molecule has 5 nitrogen and oxygen atoms in total. The van der Waals surface area contributed by atoms with Crippen molar-refractivity contribution in [1.29, 1.82) is 0 Å². The predicted octanol–water partition coefficient (Wildman–Crippen LogP) is 0.713. The third-order valence-electron chi connectivity index (χ3n) is 3.49. The van der Waals surface area contributed by atoms with Gasteiger partial charge in [-0.2, -0.15) is 0 Å². The molecule has 100 valence electrons. The summed E-state index contributed by atoms with van der Waals surface area (Å²) < 4.78 is 5.32. The van der Waals surface area contributed by atoms with Crippen molar-refractivity contribution in [3.05, 3.63) is 0 Å². The van der Waals surface area contributed by atoms with Crippen molar-refractivity contribution in [2.24, 2.45) is 0 Å². The van der Waals surface area contributed by atoms with Gasteiger partial charge >= 0.3 is 5.97 Å². The van der Waals surface area contributed by atoms with Gasteiger partial charge in [-0.1, -0.05) is 13.8 Å². The second-order valence-electron chi connectivity index (χ2n) is 5.21. The molecule has 1 aliphatic heterocycles. The van der Waals surface area contributed by atoms with E-state index in [9.17, 15) is 9.90 Å². The van der Waals surface area contributed by atoms with Gasteiger partial charge in [0, 0.05) is 19.6 Å². The number of ether oxygens (including phenoxy) is 1. The molecule has 0 atom stereocenters. The largest absolute Gasteiger partial charge is 0.480 e. The van der Waals surface area contributed by atoms with Crippen molar-refractivity contribution in [1.82, 2.24) is 4.90 Å². The highest BCUT2D eigenvalue weighted by molar-refractivity contribution is 5.68. The molecule has 1 fully saturated rings. The van der Waals surface area contributed by atoms with Crippen molar-refractivity contribution < 1.29 is 19.7 Å². The summed E-state index contributed by atoms with van der Waals surface area (Å²) in [5.41, 5.74) is -1.01. The molecule has 0 aliphatic carbocycles. The van der Waals surface area contributed by atoms with Crippen LogP contribution in [0.15, 0.2) is 0 Å². The number of β-amino-alcohol motifs (C(OH)–C–C–N with tert-alkyl or cyclic N) is 1. The molecule has 0 amide bonds. The standard InChI is InChI=1S/C12H23NO4/c1-4-12(16,5-2)9-13-7-11(3,8-13)17-6-10(14)15/h16H,4-9H2,1-3H3,(H,14,15). The van der Waals surface area contributed by atoms with Crippen LogP contribution >= 0.6 is 0 Å². The third kappa shape index (κ3) is 3.94. The monoisotopic (exact) mass is 245 g/mol. The van der Waals surface area contributed by atoms with E-state index in [1.165, 1.54) is 0 Å². The van der Waals surface area contributed by atoms with Gasteiger partial charge in [0.1, 0.15) is 6.61 Å². The fourth-order valence-electron chi connectivity index (χ4n) is 2.23. The van der Waals surface area contributed by atoms with Gasteiger partial charge in [0.15, 0.2) is 0 Å². The van der Waals surface area contributed by atoms with Gasteiger partial charge in [0.25, 0.3) is 0 Å². The summed E-state index contributed by atoms with van der Waals surface area (Å²) in [5, 5.41) is 18.7. The highest BCUT2D eigenvalue weighted by Gasteiger charge is 2.42. The van der Waals surface area contributed by atoms with Crippen molar-refractivity contribution in [2.75, 3.05) is 26.2 Å². The molecule has 0 unspecified atom stereocenters. The molecule has 1 rings (SSSR count). The maximum absolute atomic E-state index is 10.4. The molecule has 0 aromatic rings. The van der Waals surface area contributed by atoms with Crippen molar-refractivity contribution in [2.45, 2.75) is 44.8 Å². The molecule has 0 radical (unpaired) electrons. The Labute approximate surface area is 102 Å². The van der Waals surface area contributed by atoms with Crippen LogP contribution in [0.3, 0.4) is 0 Å². The molecule has 0 saturated carbocycles. The number of aliphatic carboxylic acids is 1. The van der Waals surface area contributed by atoms with Crippen LogP contribution in [0.4, 0.5) is 0 Å². The molecular weight excluding hydrogens is 222 g/mol. The SMILES string of the molecule is CCC(O)(CC)CN1CC(C)(OCC(=O)O)C1. The van der Waals surface area contributed by atoms with Gasteiger partial charge in [-0.05, 0) is 19.8 Å². The number of hydrogen-bond donors (Lipinski definition) is 2. The summed E-state index contributed by atoms with van der Waals surface area (Å²) in [6.45, 7) is 7.60. The Balaban J connectivity index is 2.33.